The Morgan fingerprint density at radius 2 is 1.86 bits per heavy atom. The van der Waals surface area contributed by atoms with E-state index >= 15 is 0 Å². The number of hydrogen-bond donors (Lipinski definition) is 0. The third-order valence-electron chi connectivity index (χ3n) is 1.58. The van der Waals surface area contributed by atoms with Crippen LogP contribution in [-0.2, 0) is 7.86 Å². The summed E-state index contributed by atoms with van der Waals surface area (Å²) in [5.74, 6) is 0.620. The van der Waals surface area contributed by atoms with Crippen molar-refractivity contribution >= 4 is 26.2 Å². The number of ether oxygens (including phenoxy) is 1. The quantitative estimate of drug-likeness (QED) is 0.636. The van der Waals surface area contributed by atoms with Gasteiger partial charge in [0.25, 0.3) is 0 Å². The number of halogens is 1. The summed E-state index contributed by atoms with van der Waals surface area (Å²) in [5, 5.41) is 0. The van der Waals surface area contributed by atoms with Gasteiger partial charge in [0.2, 0.25) is 0 Å². The van der Waals surface area contributed by atoms with Crippen molar-refractivity contribution in [3.63, 3.8) is 0 Å². The van der Waals surface area contributed by atoms with E-state index in [1.165, 1.54) is 6.92 Å². The van der Waals surface area contributed by atoms with Gasteiger partial charge in [-0.2, -0.15) is 0 Å². The van der Waals surface area contributed by atoms with Crippen molar-refractivity contribution in [2.75, 3.05) is 12.0 Å². The minimum atomic E-state index is -1.73. The van der Waals surface area contributed by atoms with Crippen molar-refractivity contribution in [2.45, 2.75) is 6.92 Å². The van der Waals surface area contributed by atoms with E-state index in [0.717, 1.165) is 9.32 Å². The molecule has 0 aliphatic heterocycles. The molecule has 0 aliphatic rings. The van der Waals surface area contributed by atoms with Crippen LogP contribution in [0.4, 0.5) is 0 Å². The molecule has 0 saturated carbocycles. The molecule has 78 valence electrons. The molecule has 1 aromatic rings. The number of carbonyl (C=O) groups excluding carboxylic acids is 1. The molecule has 0 unspecified atom stereocenters. The average Bonchev–Trinajstić information content (AvgIpc) is 2.17. The van der Waals surface area contributed by atoms with E-state index < -0.39 is 20.2 Å². The van der Waals surface area contributed by atoms with Crippen LogP contribution in [0.15, 0.2) is 24.3 Å². The van der Waals surface area contributed by atoms with Crippen LogP contribution in [0.25, 0.3) is 0 Å². The summed E-state index contributed by atoms with van der Waals surface area (Å²) in [5.41, 5.74) is 0. The standard InChI is InChI=1S/C10H13IO3/c1-8(12)14-11(2)9-4-6-10(13-3)7-5-9/h4-7H,1-3H3. The van der Waals surface area contributed by atoms with E-state index in [1.54, 1.807) is 7.11 Å². The molecule has 0 spiro atoms. The van der Waals surface area contributed by atoms with Crippen molar-refractivity contribution < 1.29 is 12.6 Å². The Morgan fingerprint density at radius 3 is 2.29 bits per heavy atom. The van der Waals surface area contributed by atoms with Crippen LogP contribution in [0, 0.1) is 3.57 Å². The Morgan fingerprint density at radius 1 is 1.29 bits per heavy atom. The average molecular weight is 308 g/mol. The van der Waals surface area contributed by atoms with Crippen LogP contribution in [-0.4, -0.2) is 18.0 Å². The molecule has 0 saturated heterocycles. The molecule has 0 fully saturated rings. The Hall–Kier alpha value is -0.780. The van der Waals surface area contributed by atoms with Gasteiger partial charge in [-0.3, -0.25) is 0 Å². The Labute approximate surface area is 91.3 Å². The van der Waals surface area contributed by atoms with Crippen LogP contribution >= 0.6 is 20.2 Å². The predicted molar refractivity (Wildman–Crippen MR) is 63.4 cm³/mol. The second-order valence-electron chi connectivity index (χ2n) is 2.65. The second kappa shape index (κ2) is 5.19. The number of alkyl halides is 1. The maximum absolute atomic E-state index is 10.7. The summed E-state index contributed by atoms with van der Waals surface area (Å²) in [4.78, 5) is 12.7. The van der Waals surface area contributed by atoms with Gasteiger partial charge in [-0.15, -0.1) is 0 Å². The summed E-state index contributed by atoms with van der Waals surface area (Å²) in [7, 11) is 1.63. The predicted octanol–water partition coefficient (Wildman–Crippen LogP) is 2.48. The van der Waals surface area contributed by atoms with Gasteiger partial charge in [0.05, 0.1) is 0 Å². The molecular weight excluding hydrogens is 295 g/mol. The molecule has 0 aliphatic carbocycles. The molecule has 0 radical (unpaired) electrons. The summed E-state index contributed by atoms with van der Waals surface area (Å²) in [6.07, 6.45) is 0. The molecule has 0 N–H and O–H groups in total. The van der Waals surface area contributed by atoms with Gasteiger partial charge in [0.1, 0.15) is 0 Å². The van der Waals surface area contributed by atoms with Crippen LogP contribution in [0.5, 0.6) is 5.75 Å². The summed E-state index contributed by atoms with van der Waals surface area (Å²) >= 11 is -1.73. The number of carbonyl (C=O) groups is 1. The number of benzene rings is 1. The fraction of sp³-hybridized carbons (Fsp3) is 0.300. The first kappa shape index (κ1) is 11.3. The fourth-order valence-corrected chi connectivity index (χ4v) is 3.51. The first-order valence-electron chi connectivity index (χ1n) is 4.06. The molecule has 1 rings (SSSR count). The van der Waals surface area contributed by atoms with Gasteiger partial charge >= 0.3 is 91.4 Å². The summed E-state index contributed by atoms with van der Waals surface area (Å²) in [6.45, 7) is 1.44. The zero-order valence-corrected chi connectivity index (χ0v) is 10.6. The molecule has 1 aromatic carbocycles. The molecule has 0 bridgehead atoms. The zero-order chi connectivity index (χ0) is 10.6. The van der Waals surface area contributed by atoms with Gasteiger partial charge in [-0.05, 0) is 0 Å². The number of methoxy groups -OCH3 is 1. The van der Waals surface area contributed by atoms with Crippen LogP contribution in [0.2, 0.25) is 0 Å². The van der Waals surface area contributed by atoms with E-state index in [-0.39, 0.29) is 5.97 Å². The van der Waals surface area contributed by atoms with Crippen LogP contribution < -0.4 is 4.74 Å². The van der Waals surface area contributed by atoms with E-state index in [0.29, 0.717) is 0 Å². The third kappa shape index (κ3) is 3.17. The molecule has 14 heavy (non-hydrogen) atoms. The first-order valence-corrected chi connectivity index (χ1v) is 8.18. The van der Waals surface area contributed by atoms with Crippen molar-refractivity contribution in [1.82, 2.24) is 0 Å². The van der Waals surface area contributed by atoms with Gasteiger partial charge in [-0.1, -0.05) is 0 Å². The van der Waals surface area contributed by atoms with Gasteiger partial charge < -0.3 is 0 Å². The number of rotatable bonds is 3. The molecule has 0 atom stereocenters. The maximum atomic E-state index is 10.7. The van der Waals surface area contributed by atoms with Crippen molar-refractivity contribution in [1.29, 1.82) is 0 Å². The van der Waals surface area contributed by atoms with Gasteiger partial charge in [-0.25, -0.2) is 0 Å². The van der Waals surface area contributed by atoms with E-state index in [1.807, 2.05) is 29.2 Å². The Bertz CT molecular complexity index is 308. The van der Waals surface area contributed by atoms with E-state index in [9.17, 15) is 4.79 Å². The first-order chi connectivity index (χ1) is 6.63. The molecule has 3 nitrogen and oxygen atoms in total. The van der Waals surface area contributed by atoms with E-state index in [2.05, 4.69) is 0 Å². The van der Waals surface area contributed by atoms with Crippen molar-refractivity contribution in [3.05, 3.63) is 27.8 Å². The number of hydrogen-bond acceptors (Lipinski definition) is 3. The Balaban J connectivity index is 2.71. The Kier molecular flexibility index (Phi) is 4.19. The summed E-state index contributed by atoms with van der Waals surface area (Å²) < 4.78 is 11.3. The van der Waals surface area contributed by atoms with Gasteiger partial charge in [0.15, 0.2) is 0 Å². The van der Waals surface area contributed by atoms with Gasteiger partial charge in [0, 0.05) is 0 Å². The normalized spacial score (nSPS) is 10.6. The third-order valence-corrected chi connectivity index (χ3v) is 5.34. The second-order valence-corrected chi connectivity index (χ2v) is 6.73. The van der Waals surface area contributed by atoms with Crippen molar-refractivity contribution in [2.24, 2.45) is 0 Å². The topological polar surface area (TPSA) is 35.5 Å². The van der Waals surface area contributed by atoms with Crippen molar-refractivity contribution in [3.8, 4) is 5.75 Å². The van der Waals surface area contributed by atoms with Crippen LogP contribution in [0.1, 0.15) is 6.92 Å². The van der Waals surface area contributed by atoms with Crippen LogP contribution in [0.3, 0.4) is 0 Å². The minimum absolute atomic E-state index is 0.200. The summed E-state index contributed by atoms with van der Waals surface area (Å²) in [6, 6.07) is 7.67. The molecule has 0 amide bonds. The SMILES string of the molecule is COc1ccc(I(C)OC(C)=O)cc1. The molecular formula is C10H13IO3. The molecule has 4 heteroatoms. The molecule has 0 aromatic heterocycles. The fourth-order valence-electron chi connectivity index (χ4n) is 0.956. The van der Waals surface area contributed by atoms with E-state index in [4.69, 9.17) is 7.80 Å². The monoisotopic (exact) mass is 308 g/mol. The zero-order valence-electron chi connectivity index (χ0n) is 8.41. The molecule has 0 heterocycles.